The largest absolute Gasteiger partial charge is 0.497 e. The number of hydrogen-bond acceptors (Lipinski definition) is 6. The highest BCUT2D eigenvalue weighted by Crippen LogP contribution is 2.27. The minimum atomic E-state index is -3.62. The molecule has 1 aromatic heterocycles. The number of sulfonamides is 1. The molecule has 1 amide bonds. The van der Waals surface area contributed by atoms with E-state index in [-0.39, 0.29) is 29.8 Å². The van der Waals surface area contributed by atoms with E-state index in [9.17, 15) is 13.2 Å². The van der Waals surface area contributed by atoms with Crippen LogP contribution >= 0.6 is 11.3 Å². The van der Waals surface area contributed by atoms with Crippen molar-refractivity contribution in [2.75, 3.05) is 33.9 Å². The van der Waals surface area contributed by atoms with E-state index in [4.69, 9.17) is 9.47 Å². The third kappa shape index (κ3) is 5.35. The molecule has 10 heteroatoms. The zero-order valence-electron chi connectivity index (χ0n) is 20.5. The Hall–Kier alpha value is -2.53. The second kappa shape index (κ2) is 10.6. The Bertz CT molecular complexity index is 1380. The van der Waals surface area contributed by atoms with Crippen molar-refractivity contribution >= 4 is 37.5 Å². The summed E-state index contributed by atoms with van der Waals surface area (Å²) < 4.78 is 41.0. The molecule has 1 fully saturated rings. The molecule has 0 spiro atoms. The van der Waals surface area contributed by atoms with Crippen molar-refractivity contribution in [2.45, 2.75) is 38.1 Å². The first-order valence-corrected chi connectivity index (χ1v) is 13.8. The van der Waals surface area contributed by atoms with Crippen LogP contribution < -0.4 is 9.54 Å². The number of benzene rings is 2. The van der Waals surface area contributed by atoms with Gasteiger partial charge in [-0.2, -0.15) is 9.30 Å². The molecular formula is C25H31N3O5S2. The summed E-state index contributed by atoms with van der Waals surface area (Å²) in [4.78, 5) is 18.5. The van der Waals surface area contributed by atoms with E-state index in [1.807, 2.05) is 4.57 Å². The molecule has 0 atom stereocenters. The van der Waals surface area contributed by atoms with Gasteiger partial charge in [-0.05, 0) is 68.1 Å². The van der Waals surface area contributed by atoms with E-state index >= 15 is 0 Å². The molecule has 0 bridgehead atoms. The average molecular weight is 518 g/mol. The van der Waals surface area contributed by atoms with Gasteiger partial charge in [0.2, 0.25) is 10.0 Å². The molecule has 0 N–H and O–H groups in total. The zero-order valence-corrected chi connectivity index (χ0v) is 22.1. The number of nitrogens with zero attached hydrogens (tertiary/aromatic N) is 3. The van der Waals surface area contributed by atoms with E-state index in [1.165, 1.54) is 22.8 Å². The number of carbonyl (C=O) groups is 1. The quantitative estimate of drug-likeness (QED) is 0.479. The summed E-state index contributed by atoms with van der Waals surface area (Å²) in [5.41, 5.74) is 3.36. The third-order valence-corrected chi connectivity index (χ3v) is 9.48. The van der Waals surface area contributed by atoms with Crippen molar-refractivity contribution in [1.82, 2.24) is 8.87 Å². The number of piperidine rings is 1. The lowest BCUT2D eigenvalue weighted by atomic mass is 9.98. The average Bonchev–Trinajstić information content (AvgIpc) is 3.19. The second-order valence-electron chi connectivity index (χ2n) is 8.76. The summed E-state index contributed by atoms with van der Waals surface area (Å²) in [5, 5.41) is 0. The molecule has 4 rings (SSSR count). The molecule has 2 aromatic carbocycles. The lowest BCUT2D eigenvalue weighted by molar-refractivity contribution is -0.122. The van der Waals surface area contributed by atoms with Gasteiger partial charge in [-0.25, -0.2) is 8.42 Å². The molecule has 1 aliphatic heterocycles. The van der Waals surface area contributed by atoms with E-state index in [1.54, 1.807) is 31.4 Å². The van der Waals surface area contributed by atoms with Gasteiger partial charge in [0.1, 0.15) is 5.75 Å². The van der Waals surface area contributed by atoms with Crippen molar-refractivity contribution < 1.29 is 22.7 Å². The van der Waals surface area contributed by atoms with E-state index in [2.05, 4.69) is 31.0 Å². The Morgan fingerprint density at radius 3 is 2.43 bits per heavy atom. The summed E-state index contributed by atoms with van der Waals surface area (Å²) in [6.45, 7) is 5.81. The number of carbonyl (C=O) groups excluding carboxylic acids is 1. The van der Waals surface area contributed by atoms with Crippen LogP contribution in [0.3, 0.4) is 0 Å². The van der Waals surface area contributed by atoms with Crippen LogP contribution in [0.1, 0.15) is 24.0 Å². The topological polar surface area (TPSA) is 90.2 Å². The molecule has 2 heterocycles. The van der Waals surface area contributed by atoms with Gasteiger partial charge >= 0.3 is 0 Å². The van der Waals surface area contributed by atoms with E-state index in [0.29, 0.717) is 36.5 Å². The fourth-order valence-corrected chi connectivity index (χ4v) is 7.00. The minimum Gasteiger partial charge on any atom is -0.497 e. The summed E-state index contributed by atoms with van der Waals surface area (Å²) in [5.74, 6) is 0.101. The summed E-state index contributed by atoms with van der Waals surface area (Å²) >= 11 is 1.51. The lowest BCUT2D eigenvalue weighted by Crippen LogP contribution is -2.40. The van der Waals surface area contributed by atoms with Crippen LogP contribution in [0, 0.1) is 19.8 Å². The van der Waals surface area contributed by atoms with E-state index < -0.39 is 10.0 Å². The zero-order chi connectivity index (χ0) is 25.2. The Morgan fingerprint density at radius 2 is 1.80 bits per heavy atom. The maximum absolute atomic E-state index is 13.1. The standard InChI is InChI=1S/C25H31N3O5S2/c1-17-15-18(2)23-22(16-17)28(13-14-32-3)25(34-23)26-24(29)19-9-11-27(12-10-19)35(30,31)21-7-5-20(33-4)6-8-21/h5-8,15-16,19H,9-14H2,1-4H3. The van der Waals surface area contributed by atoms with Crippen LogP contribution in [0.5, 0.6) is 5.75 Å². The third-order valence-electron chi connectivity index (χ3n) is 6.34. The van der Waals surface area contributed by atoms with Gasteiger partial charge in [0.25, 0.3) is 5.91 Å². The smallest absolute Gasteiger partial charge is 0.251 e. The second-order valence-corrected chi connectivity index (χ2v) is 11.7. The number of methoxy groups -OCH3 is 2. The maximum atomic E-state index is 13.1. The molecule has 0 radical (unpaired) electrons. The SMILES string of the molecule is COCCn1c(=NC(=O)C2CCN(S(=O)(=O)c3ccc(OC)cc3)CC2)sc2c(C)cc(C)cc21. The highest BCUT2D eigenvalue weighted by molar-refractivity contribution is 7.89. The molecule has 0 unspecified atom stereocenters. The number of hydrogen-bond donors (Lipinski definition) is 0. The summed E-state index contributed by atoms with van der Waals surface area (Å²) in [7, 11) is -0.426. The van der Waals surface area contributed by atoms with Crippen LogP contribution in [0.4, 0.5) is 0 Å². The first-order valence-electron chi connectivity index (χ1n) is 11.6. The molecular weight excluding hydrogens is 486 g/mol. The molecule has 188 valence electrons. The van der Waals surface area contributed by atoms with Gasteiger partial charge in [0.05, 0.1) is 28.8 Å². The van der Waals surface area contributed by atoms with Crippen LogP contribution in [-0.4, -0.2) is 57.1 Å². The molecule has 8 nitrogen and oxygen atoms in total. The fraction of sp³-hybridized carbons (Fsp3) is 0.440. The molecule has 1 aliphatic rings. The number of amides is 1. The van der Waals surface area contributed by atoms with Gasteiger partial charge < -0.3 is 14.0 Å². The van der Waals surface area contributed by atoms with E-state index in [0.717, 1.165) is 21.3 Å². The highest BCUT2D eigenvalue weighted by Gasteiger charge is 2.32. The molecule has 0 saturated carbocycles. The highest BCUT2D eigenvalue weighted by atomic mass is 32.2. The van der Waals surface area contributed by atoms with Gasteiger partial charge in [-0.3, -0.25) is 4.79 Å². The van der Waals surface area contributed by atoms with Gasteiger partial charge in [-0.15, -0.1) is 0 Å². The van der Waals surface area contributed by atoms with Crippen molar-refractivity contribution in [3.63, 3.8) is 0 Å². The minimum absolute atomic E-state index is 0.196. The summed E-state index contributed by atoms with van der Waals surface area (Å²) in [6, 6.07) is 10.6. The molecule has 1 saturated heterocycles. The van der Waals surface area contributed by atoms with Gasteiger partial charge in [0, 0.05) is 32.7 Å². The Labute approximate surface area is 209 Å². The molecule has 35 heavy (non-hydrogen) atoms. The number of ether oxygens (including phenoxy) is 2. The number of rotatable bonds is 7. The predicted molar refractivity (Wildman–Crippen MR) is 136 cm³/mol. The van der Waals surface area contributed by atoms with Gasteiger partial charge in [0.15, 0.2) is 4.80 Å². The van der Waals surface area contributed by atoms with Crippen LogP contribution in [0.25, 0.3) is 10.2 Å². The number of aryl methyl sites for hydroxylation is 2. The van der Waals surface area contributed by atoms with Crippen LogP contribution in [0.15, 0.2) is 46.3 Å². The Kier molecular flexibility index (Phi) is 7.75. The van der Waals surface area contributed by atoms with Crippen molar-refractivity contribution in [1.29, 1.82) is 0 Å². The van der Waals surface area contributed by atoms with Crippen molar-refractivity contribution in [3.05, 3.63) is 52.3 Å². The first kappa shape index (κ1) is 25.6. The molecule has 3 aromatic rings. The van der Waals surface area contributed by atoms with Crippen molar-refractivity contribution in [3.8, 4) is 5.75 Å². The maximum Gasteiger partial charge on any atom is 0.251 e. The lowest BCUT2D eigenvalue weighted by Gasteiger charge is -2.29. The summed E-state index contributed by atoms with van der Waals surface area (Å²) in [6.07, 6.45) is 0.887. The monoisotopic (exact) mass is 517 g/mol. The normalized spacial score (nSPS) is 16.2. The van der Waals surface area contributed by atoms with Crippen LogP contribution in [-0.2, 0) is 26.1 Å². The number of fused-ring (bicyclic) bond motifs is 1. The van der Waals surface area contributed by atoms with Crippen molar-refractivity contribution in [2.24, 2.45) is 10.9 Å². The first-order chi connectivity index (χ1) is 16.7. The fourth-order valence-electron chi connectivity index (χ4n) is 4.42. The van der Waals surface area contributed by atoms with Gasteiger partial charge in [-0.1, -0.05) is 17.4 Å². The number of aromatic nitrogens is 1. The molecule has 0 aliphatic carbocycles. The number of thiazole rings is 1. The predicted octanol–water partition coefficient (Wildman–Crippen LogP) is 3.50. The van der Waals surface area contributed by atoms with Crippen LogP contribution in [0.2, 0.25) is 0 Å². The Morgan fingerprint density at radius 1 is 1.11 bits per heavy atom. The Balaban J connectivity index is 1.53.